The van der Waals surface area contributed by atoms with Crippen LogP contribution >= 0.6 is 0 Å². The molecule has 0 aromatic heterocycles. The van der Waals surface area contributed by atoms with Crippen LogP contribution < -0.4 is 41.4 Å². The molecule has 7 aromatic carbocycles. The van der Waals surface area contributed by atoms with Gasteiger partial charge in [0.05, 0.1) is 9.85 Å². The maximum Gasteiger partial charge on any atom is 0.408 e. The van der Waals surface area contributed by atoms with Crippen molar-refractivity contribution in [2.75, 3.05) is 52.4 Å². The minimum atomic E-state index is -1.30. The Morgan fingerprint density at radius 1 is 0.402 bits per heavy atom. The van der Waals surface area contributed by atoms with Gasteiger partial charge in [-0.15, -0.1) is 0 Å². The van der Waals surface area contributed by atoms with E-state index in [-0.39, 0.29) is 125 Å². The first-order valence-corrected chi connectivity index (χ1v) is 32.3. The number of ether oxygens (including phenoxy) is 4. The molecule has 8 amide bonds. The van der Waals surface area contributed by atoms with Crippen molar-refractivity contribution in [3.8, 4) is 11.5 Å². The van der Waals surface area contributed by atoms with E-state index in [0.29, 0.717) is 22.3 Å². The highest BCUT2D eigenvalue weighted by atomic mass is 19.1. The maximum absolute atomic E-state index is 14.6. The molecular weight excluding hydrogens is 1330 g/mol. The predicted molar refractivity (Wildman–Crippen MR) is 363 cm³/mol. The van der Waals surface area contributed by atoms with Gasteiger partial charge < -0.3 is 60.6 Å². The van der Waals surface area contributed by atoms with Crippen molar-refractivity contribution in [1.29, 1.82) is 0 Å². The molecule has 102 heavy (non-hydrogen) atoms. The van der Waals surface area contributed by atoms with Gasteiger partial charge in [0.2, 0.25) is 23.6 Å². The lowest BCUT2D eigenvalue weighted by Crippen LogP contribution is -2.47. The average Bonchev–Trinajstić information content (AvgIpc) is 0.826. The summed E-state index contributed by atoms with van der Waals surface area (Å²) in [6, 6.07) is 40.5. The molecule has 0 unspecified atom stereocenters. The van der Waals surface area contributed by atoms with Gasteiger partial charge in [-0.05, 0) is 140 Å². The average molecular weight is 1410 g/mol. The van der Waals surface area contributed by atoms with Gasteiger partial charge in [0.25, 0.3) is 23.2 Å². The molecule has 7 aromatic rings. The summed E-state index contributed by atoms with van der Waals surface area (Å²) in [5.41, 5.74) is 1.80. The smallest absolute Gasteiger partial charge is 0.408 e. The first-order valence-electron chi connectivity index (χ1n) is 32.3. The number of carbonyl (C=O) groups excluding carboxylic acids is 10. The number of unbranched alkanes of at least 4 members (excludes halogenated alkanes) is 2. The van der Waals surface area contributed by atoms with E-state index in [0.717, 1.165) is 40.1 Å². The van der Waals surface area contributed by atoms with Gasteiger partial charge in [0, 0.05) is 61.6 Å². The van der Waals surface area contributed by atoms with Crippen LogP contribution in [0.3, 0.4) is 0 Å². The summed E-state index contributed by atoms with van der Waals surface area (Å²) < 4.78 is 48.8. The van der Waals surface area contributed by atoms with E-state index >= 15 is 0 Å². The molecule has 0 aliphatic carbocycles. The summed E-state index contributed by atoms with van der Waals surface area (Å²) in [6.07, 6.45) is -0.698. The van der Waals surface area contributed by atoms with E-state index in [2.05, 4.69) is 31.9 Å². The van der Waals surface area contributed by atoms with Crippen molar-refractivity contribution < 1.29 is 85.5 Å². The van der Waals surface area contributed by atoms with E-state index in [1.807, 2.05) is 0 Å². The normalized spacial score (nSPS) is 11.2. The zero-order chi connectivity index (χ0) is 73.2. The number of esters is 2. The summed E-state index contributed by atoms with van der Waals surface area (Å²) in [6.45, 7) is -3.05. The standard InChI is InChI=1S/C72H74F2N10O18/c73-55-24-20-49(21-25-55)36-40-77-65(87)45-81(43-63(85)75-38-9-7-18-61(79-71(93)99-47-51-12-3-1-4-13-51)69(91)101-59-32-28-57(29-33-59)83(95)96)67(89)53-16-11-17-54(42-53)68(90)82(46-66(88)78-41-37-50-22-26-56(74)27-23-50)44-64(86)76-39-10-8-19-62(80-72(94)100-48-52-14-5-2-6-15-52)70(92)102-60-34-30-58(31-35-60)84(97)98/h1-6,11-17,20-35,42,61-62H,7-10,18-19,36-41,43-48H2,(H,75,85)(H,76,86)(H,77,87)(H,78,88)(H,79,93)(H,80,94)/t61-,62-/m0/s1. The number of hydrogen-bond acceptors (Lipinski definition) is 18. The molecule has 0 spiro atoms. The molecule has 30 heteroatoms. The number of halogens is 2. The summed E-state index contributed by atoms with van der Waals surface area (Å²) >= 11 is 0. The number of nitrogens with zero attached hydrogens (tertiary/aromatic N) is 4. The van der Waals surface area contributed by atoms with Crippen molar-refractivity contribution in [2.45, 2.75) is 76.7 Å². The number of nitro groups is 2. The molecule has 0 heterocycles. The number of rotatable bonds is 38. The molecule has 0 fully saturated rings. The number of amides is 8. The van der Waals surface area contributed by atoms with Gasteiger partial charge in [0.1, 0.15) is 74.6 Å². The third-order valence-electron chi connectivity index (χ3n) is 15.2. The number of alkyl carbamates (subject to hydrolysis) is 2. The first kappa shape index (κ1) is 76.9. The minimum Gasteiger partial charge on any atom is -0.445 e. The van der Waals surface area contributed by atoms with E-state index in [4.69, 9.17) is 18.9 Å². The Morgan fingerprint density at radius 2 is 0.745 bits per heavy atom. The SMILES string of the molecule is O=C(CN(CC(=O)NCCc1ccc(F)cc1)C(=O)c1cccc(C(=O)N(CC(=O)NCCCC[C@H](NC(=O)OCc2ccccc2)C(=O)Oc2ccc([N+](=O)[O-])cc2)CC(=O)NCCc2ccc(F)cc2)c1)NCCCC[C@H](NC(=O)OCc1ccccc1)C(=O)Oc1ccc([N+](=O)[O-])cc1. The Bertz CT molecular complexity index is 3760. The molecule has 0 aliphatic heterocycles. The first-order chi connectivity index (χ1) is 49.1. The van der Waals surface area contributed by atoms with Gasteiger partial charge in [0.15, 0.2) is 0 Å². The van der Waals surface area contributed by atoms with Gasteiger partial charge in [-0.2, -0.15) is 0 Å². The zero-order valence-electron chi connectivity index (χ0n) is 55.1. The van der Waals surface area contributed by atoms with Crippen molar-refractivity contribution in [2.24, 2.45) is 0 Å². The number of nitro benzene ring substituents is 2. The molecule has 7 rings (SSSR count). The number of non-ortho nitro benzene ring substituents is 2. The molecule has 2 atom stereocenters. The topological polar surface area (TPSA) is 373 Å². The van der Waals surface area contributed by atoms with Crippen molar-refractivity contribution in [3.05, 3.63) is 247 Å². The Kier molecular flexibility index (Phi) is 30.4. The second kappa shape index (κ2) is 40.4. The highest BCUT2D eigenvalue weighted by Crippen LogP contribution is 2.21. The predicted octanol–water partition coefficient (Wildman–Crippen LogP) is 7.76. The monoisotopic (exact) mass is 1400 g/mol. The molecule has 0 radical (unpaired) electrons. The Hall–Kier alpha value is -12.5. The van der Waals surface area contributed by atoms with E-state index in [1.165, 1.54) is 91.0 Å². The van der Waals surface area contributed by atoms with E-state index in [9.17, 15) is 77.0 Å². The van der Waals surface area contributed by atoms with Crippen LogP contribution in [-0.2, 0) is 64.3 Å². The van der Waals surface area contributed by atoms with Crippen LogP contribution in [0.5, 0.6) is 11.5 Å². The summed E-state index contributed by atoms with van der Waals surface area (Å²) in [7, 11) is 0. The van der Waals surface area contributed by atoms with Gasteiger partial charge >= 0.3 is 24.1 Å². The summed E-state index contributed by atoms with van der Waals surface area (Å²) in [5.74, 6) is -7.55. The lowest BCUT2D eigenvalue weighted by atomic mass is 10.1. The molecule has 28 nitrogen and oxygen atoms in total. The number of benzene rings is 7. The fraction of sp³-hybridized carbons (Fsp3) is 0.278. The number of nitrogens with one attached hydrogen (secondary N) is 6. The van der Waals surface area contributed by atoms with Gasteiger partial charge in [-0.3, -0.25) is 49.0 Å². The van der Waals surface area contributed by atoms with Crippen LogP contribution in [0.15, 0.2) is 182 Å². The van der Waals surface area contributed by atoms with Gasteiger partial charge in [-0.25, -0.2) is 28.0 Å². The van der Waals surface area contributed by atoms with Crippen molar-refractivity contribution in [1.82, 2.24) is 41.7 Å². The molecule has 534 valence electrons. The quantitative estimate of drug-likeness (QED) is 0.00707. The Balaban J connectivity index is 1.01. The lowest BCUT2D eigenvalue weighted by Gasteiger charge is -2.24. The van der Waals surface area contributed by atoms with E-state index < -0.39 is 119 Å². The van der Waals surface area contributed by atoms with Crippen LogP contribution in [0.25, 0.3) is 0 Å². The molecular formula is C72H74F2N10O18. The number of hydrogen-bond donors (Lipinski definition) is 6. The second-order valence-corrected chi connectivity index (χ2v) is 22.9. The largest absolute Gasteiger partial charge is 0.445 e. The summed E-state index contributed by atoms with van der Waals surface area (Å²) in [4.78, 5) is 159. The van der Waals surface area contributed by atoms with Crippen molar-refractivity contribution >= 4 is 70.9 Å². The van der Waals surface area contributed by atoms with Gasteiger partial charge in [-0.1, -0.05) is 91.0 Å². The molecule has 0 bridgehead atoms. The van der Waals surface area contributed by atoms with Crippen LogP contribution in [-0.4, -0.2) is 144 Å². The van der Waals surface area contributed by atoms with Crippen LogP contribution in [0, 0.1) is 31.9 Å². The Labute approximate surface area is 583 Å². The number of carbonyl (C=O) groups is 10. The van der Waals surface area contributed by atoms with E-state index in [1.54, 1.807) is 60.7 Å². The summed E-state index contributed by atoms with van der Waals surface area (Å²) in [5, 5.41) is 38.1. The fourth-order valence-electron chi connectivity index (χ4n) is 9.82. The van der Waals surface area contributed by atoms with Crippen molar-refractivity contribution in [3.63, 3.8) is 0 Å². The molecule has 0 saturated heterocycles. The molecule has 6 N–H and O–H groups in total. The highest BCUT2D eigenvalue weighted by molar-refractivity contribution is 6.03. The minimum absolute atomic E-state index is 0.0419. The Morgan fingerprint density at radius 3 is 1.09 bits per heavy atom. The highest BCUT2D eigenvalue weighted by Gasteiger charge is 2.29. The lowest BCUT2D eigenvalue weighted by molar-refractivity contribution is -0.385. The second-order valence-electron chi connectivity index (χ2n) is 22.9. The molecule has 0 saturated carbocycles. The third kappa shape index (κ3) is 27.1. The zero-order valence-corrected chi connectivity index (χ0v) is 55.1. The van der Waals surface area contributed by atoms with Crippen LogP contribution in [0.1, 0.15) is 81.5 Å². The van der Waals surface area contributed by atoms with Crippen LogP contribution in [0.2, 0.25) is 0 Å². The maximum atomic E-state index is 14.6. The third-order valence-corrected chi connectivity index (χ3v) is 15.2. The van der Waals surface area contributed by atoms with Crippen LogP contribution in [0.4, 0.5) is 29.7 Å². The fourth-order valence-corrected chi connectivity index (χ4v) is 9.82. The molecule has 0 aliphatic rings.